The van der Waals surface area contributed by atoms with Gasteiger partial charge in [-0.15, -0.1) is 0 Å². The minimum atomic E-state index is -2.04. The number of nitrogens with zero attached hydrogens (tertiary/aromatic N) is 1. The normalized spacial score (nSPS) is 27.1. The van der Waals surface area contributed by atoms with Crippen molar-refractivity contribution < 1.29 is 15.0 Å². The van der Waals surface area contributed by atoms with Crippen molar-refractivity contribution in [2.45, 2.75) is 30.9 Å². The summed E-state index contributed by atoms with van der Waals surface area (Å²) in [6.45, 7) is 2.11. The standard InChI is InChI=1S/C21H22INO3/c22-16-6-7-18(21(26,20(24)25)15-4-2-1-3-5-15)17(13-16)19-12-14-8-10-23(19)11-9-14/h1-7,13-14,19,26H,8-12H2,(H,24,25)/t19?,21-/m1/s1. The summed E-state index contributed by atoms with van der Waals surface area (Å²) in [4.78, 5) is 14.7. The molecule has 2 N–H and O–H groups in total. The van der Waals surface area contributed by atoms with Gasteiger partial charge in [-0.2, -0.15) is 0 Å². The van der Waals surface area contributed by atoms with E-state index < -0.39 is 11.6 Å². The smallest absolute Gasteiger partial charge is 0.345 e. The Morgan fingerprint density at radius 1 is 1.12 bits per heavy atom. The van der Waals surface area contributed by atoms with Gasteiger partial charge < -0.3 is 10.2 Å². The van der Waals surface area contributed by atoms with Crippen LogP contribution in [0.25, 0.3) is 0 Å². The first-order valence-corrected chi connectivity index (χ1v) is 10.1. The van der Waals surface area contributed by atoms with Crippen molar-refractivity contribution >= 4 is 28.6 Å². The van der Waals surface area contributed by atoms with Gasteiger partial charge in [0.05, 0.1) is 0 Å². The lowest BCUT2D eigenvalue weighted by Crippen LogP contribution is -2.45. The number of hydrogen-bond donors (Lipinski definition) is 2. The van der Waals surface area contributed by atoms with Gasteiger partial charge in [-0.05, 0) is 84.1 Å². The van der Waals surface area contributed by atoms with Crippen LogP contribution in [0, 0.1) is 9.49 Å². The van der Waals surface area contributed by atoms with Gasteiger partial charge in [0.25, 0.3) is 0 Å². The second-order valence-electron chi connectivity index (χ2n) is 7.34. The maximum Gasteiger partial charge on any atom is 0.345 e. The third kappa shape index (κ3) is 2.96. The molecule has 0 aromatic heterocycles. The van der Waals surface area contributed by atoms with Gasteiger partial charge in [0.1, 0.15) is 0 Å². The zero-order valence-electron chi connectivity index (χ0n) is 14.4. The Morgan fingerprint density at radius 2 is 1.81 bits per heavy atom. The Kier molecular flexibility index (Phi) is 4.79. The van der Waals surface area contributed by atoms with Gasteiger partial charge in [-0.1, -0.05) is 36.4 Å². The summed E-state index contributed by atoms with van der Waals surface area (Å²) in [5, 5.41) is 21.4. The number of piperidine rings is 3. The molecule has 2 bridgehead atoms. The highest BCUT2D eigenvalue weighted by Crippen LogP contribution is 2.44. The van der Waals surface area contributed by atoms with Gasteiger partial charge in [0, 0.05) is 15.2 Å². The number of hydrogen-bond acceptors (Lipinski definition) is 3. The van der Waals surface area contributed by atoms with Crippen molar-refractivity contribution in [3.05, 3.63) is 68.8 Å². The molecule has 0 radical (unpaired) electrons. The van der Waals surface area contributed by atoms with Crippen LogP contribution in [0.15, 0.2) is 48.5 Å². The van der Waals surface area contributed by atoms with E-state index in [1.165, 1.54) is 12.8 Å². The summed E-state index contributed by atoms with van der Waals surface area (Å²) in [6.07, 6.45) is 3.48. The number of carboxylic acid groups (broad SMARTS) is 1. The molecule has 3 aliphatic heterocycles. The van der Waals surface area contributed by atoms with E-state index in [0.717, 1.165) is 28.6 Å². The SMILES string of the molecule is O=C(O)[C@@](O)(c1ccccc1)c1ccc(I)cc1C1CC2CCN1CC2. The Bertz CT molecular complexity index is 817. The number of halogens is 1. The van der Waals surface area contributed by atoms with Crippen LogP contribution in [0.1, 0.15) is 42.0 Å². The van der Waals surface area contributed by atoms with Gasteiger partial charge >= 0.3 is 5.97 Å². The molecule has 4 nitrogen and oxygen atoms in total. The second-order valence-corrected chi connectivity index (χ2v) is 8.59. The molecule has 0 saturated carbocycles. The molecule has 1 unspecified atom stereocenters. The lowest BCUT2D eigenvalue weighted by Gasteiger charge is -2.46. The highest BCUT2D eigenvalue weighted by atomic mass is 127. The maximum absolute atomic E-state index is 12.2. The largest absolute Gasteiger partial charge is 0.479 e. The minimum Gasteiger partial charge on any atom is -0.479 e. The Morgan fingerprint density at radius 3 is 2.38 bits per heavy atom. The van der Waals surface area contributed by atoms with Crippen molar-refractivity contribution in [3.8, 4) is 0 Å². The molecule has 136 valence electrons. The summed E-state index contributed by atoms with van der Waals surface area (Å²) in [5.41, 5.74) is -0.200. The molecule has 2 aromatic carbocycles. The first-order valence-electron chi connectivity index (χ1n) is 9.05. The van der Waals surface area contributed by atoms with Crippen LogP contribution in [-0.2, 0) is 10.4 Å². The van der Waals surface area contributed by atoms with Crippen LogP contribution in [0.5, 0.6) is 0 Å². The Labute approximate surface area is 167 Å². The van der Waals surface area contributed by atoms with E-state index in [0.29, 0.717) is 17.0 Å². The molecule has 5 rings (SSSR count). The lowest BCUT2D eigenvalue weighted by molar-refractivity contribution is -0.155. The van der Waals surface area contributed by atoms with Gasteiger partial charge in [0.15, 0.2) is 0 Å². The number of carboxylic acids is 1. The number of benzene rings is 2. The van der Waals surface area contributed by atoms with Crippen molar-refractivity contribution in [2.24, 2.45) is 5.92 Å². The molecule has 0 spiro atoms. The van der Waals surface area contributed by atoms with Crippen LogP contribution in [0.2, 0.25) is 0 Å². The molecular formula is C21H22INO3. The molecule has 2 atom stereocenters. The number of aliphatic hydroxyl groups is 1. The summed E-state index contributed by atoms with van der Waals surface area (Å²) in [6, 6.07) is 14.6. The van der Waals surface area contributed by atoms with Crippen molar-refractivity contribution in [1.29, 1.82) is 0 Å². The van der Waals surface area contributed by atoms with E-state index in [9.17, 15) is 15.0 Å². The number of aliphatic carboxylic acids is 1. The first kappa shape index (κ1) is 17.9. The average Bonchev–Trinajstić information content (AvgIpc) is 2.68. The monoisotopic (exact) mass is 463 g/mol. The molecule has 5 heteroatoms. The summed E-state index contributed by atoms with van der Waals surface area (Å²) < 4.78 is 1.06. The van der Waals surface area contributed by atoms with Gasteiger partial charge in [0.2, 0.25) is 5.60 Å². The summed E-state index contributed by atoms with van der Waals surface area (Å²) in [5.74, 6) is -0.535. The quantitative estimate of drug-likeness (QED) is 0.678. The van der Waals surface area contributed by atoms with E-state index in [1.807, 2.05) is 12.1 Å². The Hall–Kier alpha value is -1.44. The van der Waals surface area contributed by atoms with E-state index >= 15 is 0 Å². The van der Waals surface area contributed by atoms with E-state index in [2.05, 4.69) is 33.6 Å². The van der Waals surface area contributed by atoms with Gasteiger partial charge in [-0.3, -0.25) is 4.90 Å². The molecule has 26 heavy (non-hydrogen) atoms. The first-order chi connectivity index (χ1) is 12.5. The van der Waals surface area contributed by atoms with Crippen molar-refractivity contribution in [2.75, 3.05) is 13.1 Å². The molecule has 3 heterocycles. The molecule has 2 aromatic rings. The molecule has 0 aliphatic carbocycles. The van der Waals surface area contributed by atoms with Crippen LogP contribution >= 0.6 is 22.6 Å². The number of carbonyl (C=O) groups is 1. The summed E-state index contributed by atoms with van der Waals surface area (Å²) in [7, 11) is 0. The highest BCUT2D eigenvalue weighted by molar-refractivity contribution is 14.1. The number of rotatable bonds is 4. The molecule has 3 aliphatic rings. The molecule has 3 fully saturated rings. The van der Waals surface area contributed by atoms with Gasteiger partial charge in [-0.25, -0.2) is 4.79 Å². The van der Waals surface area contributed by atoms with E-state index in [1.54, 1.807) is 30.3 Å². The van der Waals surface area contributed by atoms with Crippen molar-refractivity contribution in [3.63, 3.8) is 0 Å². The minimum absolute atomic E-state index is 0.182. The average molecular weight is 463 g/mol. The topological polar surface area (TPSA) is 60.8 Å². The zero-order valence-corrected chi connectivity index (χ0v) is 16.6. The second kappa shape index (κ2) is 6.94. The fourth-order valence-electron chi connectivity index (χ4n) is 4.50. The fourth-order valence-corrected chi connectivity index (χ4v) is 5.02. The maximum atomic E-state index is 12.2. The zero-order chi connectivity index (χ0) is 18.3. The van der Waals surface area contributed by atoms with E-state index in [4.69, 9.17) is 0 Å². The fraction of sp³-hybridized carbons (Fsp3) is 0.381. The van der Waals surface area contributed by atoms with Crippen LogP contribution in [-0.4, -0.2) is 34.2 Å². The van der Waals surface area contributed by atoms with Crippen molar-refractivity contribution in [1.82, 2.24) is 4.90 Å². The molecule has 0 amide bonds. The molecular weight excluding hydrogens is 441 g/mol. The third-order valence-electron chi connectivity index (χ3n) is 5.91. The van der Waals surface area contributed by atoms with Crippen LogP contribution < -0.4 is 0 Å². The van der Waals surface area contributed by atoms with E-state index in [-0.39, 0.29) is 6.04 Å². The molecule has 3 saturated heterocycles. The summed E-state index contributed by atoms with van der Waals surface area (Å²) >= 11 is 2.26. The third-order valence-corrected chi connectivity index (χ3v) is 6.58. The lowest BCUT2D eigenvalue weighted by atomic mass is 9.76. The Balaban J connectivity index is 1.87. The number of fused-ring (bicyclic) bond motifs is 3. The predicted molar refractivity (Wildman–Crippen MR) is 108 cm³/mol. The predicted octanol–water partition coefficient (Wildman–Crippen LogP) is 3.77. The van der Waals surface area contributed by atoms with Crippen LogP contribution in [0.4, 0.5) is 0 Å². The van der Waals surface area contributed by atoms with Crippen LogP contribution in [0.3, 0.4) is 0 Å². The highest BCUT2D eigenvalue weighted by Gasteiger charge is 2.44.